The Morgan fingerprint density at radius 3 is 2.45 bits per heavy atom. The van der Waals surface area contributed by atoms with Crippen molar-refractivity contribution in [2.75, 3.05) is 0 Å². The summed E-state index contributed by atoms with van der Waals surface area (Å²) in [7, 11) is 0. The lowest BCUT2D eigenvalue weighted by Crippen LogP contribution is -2.44. The third kappa shape index (κ3) is 4.36. The van der Waals surface area contributed by atoms with Crippen molar-refractivity contribution in [3.8, 4) is 10.4 Å². The fourth-order valence-electron chi connectivity index (χ4n) is 3.10. The Morgan fingerprint density at radius 1 is 1.00 bits per heavy atom. The predicted molar refractivity (Wildman–Crippen MR) is 116 cm³/mol. The van der Waals surface area contributed by atoms with Crippen molar-refractivity contribution in [2.45, 2.75) is 13.5 Å². The van der Waals surface area contributed by atoms with Gasteiger partial charge < -0.3 is 0 Å². The first kappa shape index (κ1) is 20.4. The molecule has 2 aromatic heterocycles. The molecule has 0 aliphatic carbocycles. The summed E-state index contributed by atoms with van der Waals surface area (Å²) in [6.45, 7) is 1.42. The van der Waals surface area contributed by atoms with Crippen molar-refractivity contribution < 1.29 is 14.0 Å². The summed E-state index contributed by atoms with van der Waals surface area (Å²) in [6, 6.07) is 16.3. The number of carbonyl (C=O) groups excluding carboxylic acids is 2. The summed E-state index contributed by atoms with van der Waals surface area (Å²) in [5.74, 6) is -1.43. The van der Waals surface area contributed by atoms with Crippen molar-refractivity contribution in [3.63, 3.8) is 0 Å². The molecule has 2 amide bonds. The smallest absolute Gasteiger partial charge is 0.271 e. The largest absolute Gasteiger partial charge is 0.279 e. The van der Waals surface area contributed by atoms with Crippen LogP contribution >= 0.6 is 11.3 Å². The molecular weight excluding hydrogens is 419 g/mol. The second-order valence-corrected chi connectivity index (χ2v) is 7.85. The third-order valence-electron chi connectivity index (χ3n) is 4.62. The van der Waals surface area contributed by atoms with E-state index < -0.39 is 11.8 Å². The normalized spacial score (nSPS) is 10.8. The molecule has 156 valence electrons. The fraction of sp³-hybridized carbons (Fsp3) is 0.0909. The Hall–Kier alpha value is -3.85. The Balaban J connectivity index is 1.41. The number of aryl methyl sites for hydroxylation is 1. The first-order chi connectivity index (χ1) is 14.9. The first-order valence-electron chi connectivity index (χ1n) is 9.34. The number of carbonyl (C=O) groups is 2. The van der Waals surface area contributed by atoms with Crippen LogP contribution in [0.25, 0.3) is 21.2 Å². The molecule has 0 aliphatic rings. The highest BCUT2D eigenvalue weighted by Crippen LogP contribution is 2.28. The lowest BCUT2D eigenvalue weighted by molar-refractivity contribution is -0.122. The van der Waals surface area contributed by atoms with Gasteiger partial charge in [-0.1, -0.05) is 30.3 Å². The lowest BCUT2D eigenvalue weighted by atomic mass is 10.1. The Labute approximate surface area is 180 Å². The SMILES string of the molecule is Cc1nn(CC(=O)NNC(=O)c2ccc(-c3ccc(F)cc3)s2)c(=O)c2ccccc12. The first-order valence-corrected chi connectivity index (χ1v) is 10.2. The molecule has 4 rings (SSSR count). The van der Waals surface area contributed by atoms with Gasteiger partial charge in [-0.15, -0.1) is 11.3 Å². The topological polar surface area (TPSA) is 93.1 Å². The second-order valence-electron chi connectivity index (χ2n) is 6.77. The molecule has 2 heterocycles. The van der Waals surface area contributed by atoms with Crippen LogP contribution in [0.2, 0.25) is 0 Å². The molecular formula is C22H17FN4O3S. The Bertz CT molecular complexity index is 1350. The number of hydrogen-bond donors (Lipinski definition) is 2. The molecule has 0 spiro atoms. The van der Waals surface area contributed by atoms with E-state index in [0.29, 0.717) is 16.0 Å². The fourth-order valence-corrected chi connectivity index (χ4v) is 4.01. The van der Waals surface area contributed by atoms with Gasteiger partial charge in [0.1, 0.15) is 12.4 Å². The van der Waals surface area contributed by atoms with Gasteiger partial charge in [0.2, 0.25) is 0 Å². The summed E-state index contributed by atoms with van der Waals surface area (Å²) in [5, 5.41) is 5.38. The number of halogens is 1. The van der Waals surface area contributed by atoms with Crippen LogP contribution in [0.4, 0.5) is 4.39 Å². The van der Waals surface area contributed by atoms with Crippen LogP contribution in [-0.4, -0.2) is 21.6 Å². The molecule has 0 radical (unpaired) electrons. The molecule has 4 aromatic rings. The molecule has 9 heteroatoms. The zero-order chi connectivity index (χ0) is 22.0. The summed E-state index contributed by atoms with van der Waals surface area (Å²) in [6.07, 6.45) is 0. The molecule has 0 saturated carbocycles. The number of hydrazine groups is 1. The average Bonchev–Trinajstić information content (AvgIpc) is 3.26. The van der Waals surface area contributed by atoms with Gasteiger partial charge in [-0.25, -0.2) is 9.07 Å². The highest BCUT2D eigenvalue weighted by atomic mass is 32.1. The Morgan fingerprint density at radius 2 is 1.71 bits per heavy atom. The number of thiophene rings is 1. The maximum absolute atomic E-state index is 13.1. The van der Waals surface area contributed by atoms with Crippen LogP contribution in [0, 0.1) is 12.7 Å². The highest BCUT2D eigenvalue weighted by molar-refractivity contribution is 7.17. The van der Waals surface area contributed by atoms with Crippen LogP contribution in [-0.2, 0) is 11.3 Å². The molecule has 7 nitrogen and oxygen atoms in total. The molecule has 2 N–H and O–H groups in total. The van der Waals surface area contributed by atoms with Crippen LogP contribution < -0.4 is 16.4 Å². The van der Waals surface area contributed by atoms with Crippen LogP contribution in [0.5, 0.6) is 0 Å². The minimum atomic E-state index is -0.590. The van der Waals surface area contributed by atoms with Crippen LogP contribution in [0.3, 0.4) is 0 Å². The summed E-state index contributed by atoms with van der Waals surface area (Å²) < 4.78 is 14.1. The number of benzene rings is 2. The van der Waals surface area contributed by atoms with Crippen LogP contribution in [0.15, 0.2) is 65.5 Å². The van der Waals surface area contributed by atoms with E-state index in [0.717, 1.165) is 20.5 Å². The standard InChI is InChI=1S/C22H17FN4O3S/c1-13-16-4-2-3-5-17(16)22(30)27(26-13)12-20(28)24-25-21(29)19-11-10-18(31-19)14-6-8-15(23)9-7-14/h2-11H,12H2,1H3,(H,24,28)(H,25,29). The third-order valence-corrected chi connectivity index (χ3v) is 5.75. The molecule has 0 fully saturated rings. The van der Waals surface area contributed by atoms with Gasteiger partial charge in [0, 0.05) is 10.3 Å². The minimum Gasteiger partial charge on any atom is -0.271 e. The number of hydrogen-bond acceptors (Lipinski definition) is 5. The highest BCUT2D eigenvalue weighted by Gasteiger charge is 2.14. The summed E-state index contributed by atoms with van der Waals surface area (Å²) >= 11 is 1.21. The number of nitrogens with one attached hydrogen (secondary N) is 2. The molecule has 2 aromatic carbocycles. The van der Waals surface area contributed by atoms with E-state index in [9.17, 15) is 18.8 Å². The Kier molecular flexibility index (Phi) is 5.59. The zero-order valence-corrected chi connectivity index (χ0v) is 17.2. The molecule has 31 heavy (non-hydrogen) atoms. The van der Waals surface area contributed by atoms with Crippen molar-refractivity contribution in [2.24, 2.45) is 0 Å². The van der Waals surface area contributed by atoms with E-state index in [-0.39, 0.29) is 17.9 Å². The molecule has 0 bridgehead atoms. The van der Waals surface area contributed by atoms with Crippen molar-refractivity contribution in [1.82, 2.24) is 20.6 Å². The summed E-state index contributed by atoms with van der Waals surface area (Å²) in [5.41, 5.74) is 5.66. The van der Waals surface area contributed by atoms with E-state index >= 15 is 0 Å². The number of rotatable bonds is 4. The maximum atomic E-state index is 13.1. The number of nitrogens with zero attached hydrogens (tertiary/aromatic N) is 2. The average molecular weight is 436 g/mol. The number of amides is 2. The van der Waals surface area contributed by atoms with Crippen molar-refractivity contribution >= 4 is 33.9 Å². The molecule has 0 atom stereocenters. The van der Waals surface area contributed by atoms with Gasteiger partial charge >= 0.3 is 0 Å². The predicted octanol–water partition coefficient (Wildman–Crippen LogP) is 3.03. The van der Waals surface area contributed by atoms with E-state index in [2.05, 4.69) is 16.0 Å². The van der Waals surface area contributed by atoms with Gasteiger partial charge in [-0.2, -0.15) is 5.10 Å². The van der Waals surface area contributed by atoms with Gasteiger partial charge in [0.15, 0.2) is 0 Å². The van der Waals surface area contributed by atoms with Gasteiger partial charge in [-0.05, 0) is 42.8 Å². The van der Waals surface area contributed by atoms with Crippen molar-refractivity contribution in [3.05, 3.63) is 87.4 Å². The van der Waals surface area contributed by atoms with Gasteiger partial charge in [0.05, 0.1) is 16.0 Å². The zero-order valence-electron chi connectivity index (χ0n) is 16.4. The molecule has 0 saturated heterocycles. The lowest BCUT2D eigenvalue weighted by Gasteiger charge is -2.09. The number of fused-ring (bicyclic) bond motifs is 1. The quantitative estimate of drug-likeness (QED) is 0.481. The van der Waals surface area contributed by atoms with Gasteiger partial charge in [-0.3, -0.25) is 25.2 Å². The minimum absolute atomic E-state index is 0.337. The monoisotopic (exact) mass is 436 g/mol. The summed E-state index contributed by atoms with van der Waals surface area (Å²) in [4.78, 5) is 38.3. The van der Waals surface area contributed by atoms with E-state index in [1.54, 1.807) is 49.4 Å². The van der Waals surface area contributed by atoms with E-state index in [1.165, 1.54) is 23.5 Å². The second kappa shape index (κ2) is 8.49. The maximum Gasteiger partial charge on any atom is 0.279 e. The van der Waals surface area contributed by atoms with E-state index in [1.807, 2.05) is 6.07 Å². The van der Waals surface area contributed by atoms with Gasteiger partial charge in [0.25, 0.3) is 17.4 Å². The molecule has 0 unspecified atom stereocenters. The van der Waals surface area contributed by atoms with Crippen LogP contribution in [0.1, 0.15) is 15.4 Å². The van der Waals surface area contributed by atoms with Crippen molar-refractivity contribution in [1.29, 1.82) is 0 Å². The number of aromatic nitrogens is 2. The molecule has 0 aliphatic heterocycles. The van der Waals surface area contributed by atoms with E-state index in [4.69, 9.17) is 0 Å².